The Hall–Kier alpha value is -3.66. The predicted octanol–water partition coefficient (Wildman–Crippen LogP) is 2.88. The molecule has 1 aromatic carbocycles. The summed E-state index contributed by atoms with van der Waals surface area (Å²) in [5.74, 6) is 0.573. The first-order valence-electron chi connectivity index (χ1n) is 12.5. The summed E-state index contributed by atoms with van der Waals surface area (Å²) in [5, 5.41) is 4.14. The van der Waals surface area contributed by atoms with E-state index in [1.807, 2.05) is 62.2 Å². The maximum atomic E-state index is 13.3. The highest BCUT2D eigenvalue weighted by Gasteiger charge is 2.24. The number of nitrogens with zero attached hydrogens (tertiary/aromatic N) is 4. The minimum absolute atomic E-state index is 0.0252. The molecule has 36 heavy (non-hydrogen) atoms. The zero-order valence-corrected chi connectivity index (χ0v) is 21.3. The summed E-state index contributed by atoms with van der Waals surface area (Å²) in [7, 11) is 1.86. The topological polar surface area (TPSA) is 130 Å². The summed E-state index contributed by atoms with van der Waals surface area (Å²) in [5.41, 5.74) is 6.86. The summed E-state index contributed by atoms with van der Waals surface area (Å²) in [4.78, 5) is 43.8. The van der Waals surface area contributed by atoms with Crippen LogP contribution in [0.25, 0.3) is 11.3 Å². The number of benzene rings is 1. The van der Waals surface area contributed by atoms with Gasteiger partial charge in [-0.05, 0) is 32.9 Å². The van der Waals surface area contributed by atoms with Crippen LogP contribution in [0.4, 0.5) is 11.5 Å². The highest BCUT2D eigenvalue weighted by molar-refractivity contribution is 5.96. The number of amides is 1. The molecule has 0 radical (unpaired) electrons. The van der Waals surface area contributed by atoms with E-state index in [9.17, 15) is 14.4 Å². The number of unbranched alkanes of at least 4 members (excludes halogenated alkanes) is 1. The SMILES string of the molecule is CCCCN(C(=O)CN(C)CCCc1cc(-c2ccccc2)no1)c1c(N)n(CCC)c(=O)[nH]c1=O. The number of aryl methyl sites for hydroxylation is 1. The molecule has 3 N–H and O–H groups in total. The second-order valence-corrected chi connectivity index (χ2v) is 8.93. The van der Waals surface area contributed by atoms with Gasteiger partial charge in [-0.25, -0.2) is 4.79 Å². The van der Waals surface area contributed by atoms with Crippen LogP contribution in [-0.2, 0) is 17.8 Å². The zero-order chi connectivity index (χ0) is 26.1. The first-order chi connectivity index (χ1) is 17.3. The van der Waals surface area contributed by atoms with Crippen LogP contribution in [-0.4, -0.2) is 52.2 Å². The van der Waals surface area contributed by atoms with E-state index in [2.05, 4.69) is 10.1 Å². The van der Waals surface area contributed by atoms with Crippen molar-refractivity contribution in [2.75, 3.05) is 37.3 Å². The lowest BCUT2D eigenvalue weighted by molar-refractivity contribution is -0.119. The van der Waals surface area contributed by atoms with Crippen molar-refractivity contribution < 1.29 is 9.32 Å². The number of anilines is 2. The zero-order valence-electron chi connectivity index (χ0n) is 21.3. The Morgan fingerprint density at radius 1 is 1.11 bits per heavy atom. The van der Waals surface area contributed by atoms with Crippen molar-refractivity contribution >= 4 is 17.4 Å². The third-order valence-corrected chi connectivity index (χ3v) is 5.96. The third-order valence-electron chi connectivity index (χ3n) is 5.96. The second kappa shape index (κ2) is 12.9. The minimum atomic E-state index is -0.642. The number of aromatic amines is 1. The number of hydrogen-bond acceptors (Lipinski definition) is 7. The molecule has 0 aliphatic carbocycles. The molecule has 2 heterocycles. The smallest absolute Gasteiger partial charge is 0.330 e. The van der Waals surface area contributed by atoms with Crippen LogP contribution in [0.3, 0.4) is 0 Å². The number of likely N-dealkylation sites (N-methyl/N-ethyl adjacent to an activating group) is 1. The van der Waals surface area contributed by atoms with Crippen LogP contribution in [0.15, 0.2) is 50.5 Å². The molecular weight excluding hydrogens is 460 g/mol. The van der Waals surface area contributed by atoms with E-state index in [1.165, 1.54) is 9.47 Å². The highest BCUT2D eigenvalue weighted by Crippen LogP contribution is 2.20. The van der Waals surface area contributed by atoms with Gasteiger partial charge in [0.15, 0.2) is 5.69 Å². The molecule has 0 unspecified atom stereocenters. The summed E-state index contributed by atoms with van der Waals surface area (Å²) in [6.07, 6.45) is 3.67. The van der Waals surface area contributed by atoms with Gasteiger partial charge in [-0.2, -0.15) is 0 Å². The van der Waals surface area contributed by atoms with Gasteiger partial charge < -0.3 is 15.2 Å². The number of nitrogens with two attached hydrogens (primary N) is 1. The Bertz CT molecular complexity index is 1250. The van der Waals surface area contributed by atoms with Crippen molar-refractivity contribution in [2.24, 2.45) is 0 Å². The van der Waals surface area contributed by atoms with Crippen LogP contribution in [0, 0.1) is 0 Å². The Balaban J connectivity index is 1.64. The molecule has 194 valence electrons. The van der Waals surface area contributed by atoms with Gasteiger partial charge in [0.05, 0.1) is 6.54 Å². The Labute approximate surface area is 210 Å². The molecule has 0 fully saturated rings. The number of H-pyrrole nitrogens is 1. The fraction of sp³-hybridized carbons (Fsp3) is 0.462. The average Bonchev–Trinajstić information content (AvgIpc) is 3.33. The lowest BCUT2D eigenvalue weighted by atomic mass is 10.1. The summed E-state index contributed by atoms with van der Waals surface area (Å²) >= 11 is 0. The van der Waals surface area contributed by atoms with Gasteiger partial charge >= 0.3 is 5.69 Å². The average molecular weight is 497 g/mol. The van der Waals surface area contributed by atoms with Crippen LogP contribution >= 0.6 is 0 Å². The van der Waals surface area contributed by atoms with E-state index in [-0.39, 0.29) is 24.0 Å². The third kappa shape index (κ3) is 6.72. The maximum Gasteiger partial charge on any atom is 0.330 e. The normalized spacial score (nSPS) is 11.2. The van der Waals surface area contributed by atoms with Crippen molar-refractivity contribution in [1.29, 1.82) is 0 Å². The Morgan fingerprint density at radius 2 is 1.86 bits per heavy atom. The summed E-state index contributed by atoms with van der Waals surface area (Å²) in [6.45, 7) is 5.38. The number of rotatable bonds is 13. The van der Waals surface area contributed by atoms with E-state index in [4.69, 9.17) is 10.3 Å². The first kappa shape index (κ1) is 26.9. The quantitative estimate of drug-likeness (QED) is 0.372. The fourth-order valence-electron chi connectivity index (χ4n) is 4.06. The largest absolute Gasteiger partial charge is 0.383 e. The van der Waals surface area contributed by atoms with Gasteiger partial charge in [0.1, 0.15) is 17.3 Å². The first-order valence-corrected chi connectivity index (χ1v) is 12.5. The summed E-state index contributed by atoms with van der Waals surface area (Å²) < 4.78 is 6.78. The molecule has 0 saturated heterocycles. The van der Waals surface area contributed by atoms with Crippen LogP contribution in [0.1, 0.15) is 45.3 Å². The number of carbonyl (C=O) groups is 1. The number of nitrogens with one attached hydrogen (secondary N) is 1. The van der Waals surface area contributed by atoms with Crippen LogP contribution in [0.5, 0.6) is 0 Å². The molecule has 0 bridgehead atoms. The van der Waals surface area contributed by atoms with E-state index in [0.29, 0.717) is 38.9 Å². The molecule has 2 aromatic heterocycles. The maximum absolute atomic E-state index is 13.3. The standard InChI is InChI=1S/C26H36N6O4/c1-4-6-16-31(23-24(27)32(14-5-2)26(35)28-25(23)34)22(33)18-30(3)15-10-13-20-17-21(29-36-20)19-11-8-7-9-12-19/h7-9,11-12,17H,4-6,10,13-16,18,27H2,1-3H3,(H,28,34,35). The Kier molecular flexibility index (Phi) is 9.63. The number of hydrogen-bond donors (Lipinski definition) is 2. The lowest BCUT2D eigenvalue weighted by Crippen LogP contribution is -2.45. The van der Waals surface area contributed by atoms with Gasteiger partial charge in [-0.15, -0.1) is 0 Å². The molecule has 3 rings (SSSR count). The van der Waals surface area contributed by atoms with Crippen molar-refractivity contribution in [3.63, 3.8) is 0 Å². The van der Waals surface area contributed by atoms with Crippen LogP contribution in [0.2, 0.25) is 0 Å². The molecule has 0 saturated carbocycles. The van der Waals surface area contributed by atoms with E-state index >= 15 is 0 Å². The number of nitrogen functional groups attached to an aromatic ring is 1. The van der Waals surface area contributed by atoms with E-state index in [0.717, 1.165) is 29.9 Å². The molecule has 10 nitrogen and oxygen atoms in total. The van der Waals surface area contributed by atoms with Gasteiger partial charge in [-0.1, -0.05) is 55.8 Å². The molecule has 3 aromatic rings. The molecule has 10 heteroatoms. The monoisotopic (exact) mass is 496 g/mol. The fourth-order valence-corrected chi connectivity index (χ4v) is 4.06. The molecule has 0 atom stereocenters. The van der Waals surface area contributed by atoms with Crippen molar-refractivity contribution in [3.05, 3.63) is 63.0 Å². The molecule has 1 amide bonds. The number of aromatic nitrogens is 3. The molecule has 0 aliphatic heterocycles. The summed E-state index contributed by atoms with van der Waals surface area (Å²) in [6, 6.07) is 11.8. The van der Waals surface area contributed by atoms with E-state index < -0.39 is 11.2 Å². The van der Waals surface area contributed by atoms with Gasteiger partial charge in [0.2, 0.25) is 5.91 Å². The van der Waals surface area contributed by atoms with Crippen molar-refractivity contribution in [3.8, 4) is 11.3 Å². The van der Waals surface area contributed by atoms with Crippen LogP contribution < -0.4 is 21.9 Å². The second-order valence-electron chi connectivity index (χ2n) is 8.93. The van der Waals surface area contributed by atoms with E-state index in [1.54, 1.807) is 0 Å². The van der Waals surface area contributed by atoms with Gasteiger partial charge in [-0.3, -0.25) is 24.0 Å². The van der Waals surface area contributed by atoms with Gasteiger partial charge in [0, 0.05) is 31.1 Å². The molecule has 0 spiro atoms. The Morgan fingerprint density at radius 3 is 2.56 bits per heavy atom. The van der Waals surface area contributed by atoms with Crippen molar-refractivity contribution in [1.82, 2.24) is 19.6 Å². The molecule has 0 aliphatic rings. The van der Waals surface area contributed by atoms with Crippen molar-refractivity contribution in [2.45, 2.75) is 52.5 Å². The predicted molar refractivity (Wildman–Crippen MR) is 141 cm³/mol. The van der Waals surface area contributed by atoms with Gasteiger partial charge in [0.25, 0.3) is 5.56 Å². The lowest BCUT2D eigenvalue weighted by Gasteiger charge is -2.26. The minimum Gasteiger partial charge on any atom is -0.383 e. The number of carbonyl (C=O) groups excluding carboxylic acids is 1. The highest BCUT2D eigenvalue weighted by atomic mass is 16.5. The molecular formula is C26H36N6O4.